The lowest BCUT2D eigenvalue weighted by atomic mass is 10.1. The summed E-state index contributed by atoms with van der Waals surface area (Å²) in [6, 6.07) is 10.8. The number of nitrogens with zero attached hydrogens (tertiary/aromatic N) is 4. The van der Waals surface area contributed by atoms with Gasteiger partial charge in [0.15, 0.2) is 0 Å². The predicted molar refractivity (Wildman–Crippen MR) is 117 cm³/mol. The summed E-state index contributed by atoms with van der Waals surface area (Å²) in [5, 5.41) is 1.45. The Kier molecular flexibility index (Phi) is 4.26. The Labute approximate surface area is 184 Å². The SMILES string of the molecule is Fc1ccc2c(ccn2-c2cc(Cl)c3c(c2)CN(Cc2cncnc2)C2(CC2)CO3)c1. The summed E-state index contributed by atoms with van der Waals surface area (Å²) in [7, 11) is 0. The van der Waals surface area contributed by atoms with Gasteiger partial charge < -0.3 is 9.30 Å². The molecule has 1 saturated carbocycles. The smallest absolute Gasteiger partial charge is 0.142 e. The van der Waals surface area contributed by atoms with Crippen LogP contribution in [-0.2, 0) is 13.1 Å². The maximum Gasteiger partial charge on any atom is 0.142 e. The average molecular weight is 435 g/mol. The van der Waals surface area contributed by atoms with Crippen LogP contribution in [0.4, 0.5) is 4.39 Å². The number of ether oxygens (including phenoxy) is 1. The zero-order valence-corrected chi connectivity index (χ0v) is 17.5. The Morgan fingerprint density at radius 2 is 1.94 bits per heavy atom. The Morgan fingerprint density at radius 3 is 2.74 bits per heavy atom. The van der Waals surface area contributed by atoms with Crippen molar-refractivity contribution < 1.29 is 9.13 Å². The van der Waals surface area contributed by atoms with Crippen LogP contribution in [0.1, 0.15) is 24.0 Å². The fourth-order valence-electron chi connectivity index (χ4n) is 4.52. The summed E-state index contributed by atoms with van der Waals surface area (Å²) in [6.07, 6.45) is 9.44. The van der Waals surface area contributed by atoms with Crippen LogP contribution in [0, 0.1) is 5.82 Å². The third kappa shape index (κ3) is 3.27. The van der Waals surface area contributed by atoms with Crippen molar-refractivity contribution >= 4 is 22.5 Å². The van der Waals surface area contributed by atoms with Gasteiger partial charge in [0.2, 0.25) is 0 Å². The molecule has 0 saturated heterocycles. The Hall–Kier alpha value is -2.96. The van der Waals surface area contributed by atoms with Crippen molar-refractivity contribution in [3.05, 3.63) is 83.3 Å². The van der Waals surface area contributed by atoms with Crippen molar-refractivity contribution in [2.75, 3.05) is 6.61 Å². The van der Waals surface area contributed by atoms with Gasteiger partial charge in [-0.2, -0.15) is 0 Å². The normalized spacial score (nSPS) is 17.4. The first-order valence-corrected chi connectivity index (χ1v) is 10.7. The maximum absolute atomic E-state index is 13.6. The van der Waals surface area contributed by atoms with Gasteiger partial charge in [0.25, 0.3) is 0 Å². The van der Waals surface area contributed by atoms with Gasteiger partial charge in [0.05, 0.1) is 16.1 Å². The van der Waals surface area contributed by atoms with Crippen molar-refractivity contribution in [2.45, 2.75) is 31.5 Å². The predicted octanol–water partition coefficient (Wildman–Crippen LogP) is 5.14. The average Bonchev–Trinajstić information content (AvgIpc) is 3.47. The van der Waals surface area contributed by atoms with E-state index in [1.165, 1.54) is 6.07 Å². The van der Waals surface area contributed by atoms with E-state index < -0.39 is 0 Å². The molecule has 2 aliphatic rings. The van der Waals surface area contributed by atoms with Crippen LogP contribution in [0.5, 0.6) is 5.75 Å². The molecule has 0 bridgehead atoms. The van der Waals surface area contributed by atoms with Gasteiger partial charge in [-0.3, -0.25) is 4.90 Å². The molecule has 6 rings (SSSR count). The molecule has 1 aliphatic heterocycles. The van der Waals surface area contributed by atoms with E-state index in [9.17, 15) is 4.39 Å². The minimum absolute atomic E-state index is 0.0377. The van der Waals surface area contributed by atoms with E-state index in [-0.39, 0.29) is 11.4 Å². The summed E-state index contributed by atoms with van der Waals surface area (Å²) in [4.78, 5) is 10.8. The first-order valence-electron chi connectivity index (χ1n) is 10.3. The van der Waals surface area contributed by atoms with Crippen LogP contribution in [0.3, 0.4) is 0 Å². The molecule has 0 amide bonds. The molecule has 1 aliphatic carbocycles. The molecule has 0 unspecified atom stereocenters. The quantitative estimate of drug-likeness (QED) is 0.448. The van der Waals surface area contributed by atoms with Crippen LogP contribution in [0.15, 0.2) is 61.3 Å². The monoisotopic (exact) mass is 434 g/mol. The van der Waals surface area contributed by atoms with E-state index in [0.717, 1.165) is 59.4 Å². The third-order valence-electron chi connectivity index (χ3n) is 6.37. The first-order chi connectivity index (χ1) is 15.1. The first kappa shape index (κ1) is 18.8. The molecule has 0 radical (unpaired) electrons. The Balaban J connectivity index is 1.41. The van der Waals surface area contributed by atoms with Gasteiger partial charge in [0, 0.05) is 53.9 Å². The third-order valence-corrected chi connectivity index (χ3v) is 6.65. The van der Waals surface area contributed by atoms with Crippen molar-refractivity contribution in [2.24, 2.45) is 0 Å². The highest BCUT2D eigenvalue weighted by Gasteiger charge is 2.50. The molecule has 7 heteroatoms. The van der Waals surface area contributed by atoms with E-state index in [1.54, 1.807) is 18.5 Å². The number of aromatic nitrogens is 3. The van der Waals surface area contributed by atoms with Crippen molar-refractivity contribution in [3.8, 4) is 11.4 Å². The van der Waals surface area contributed by atoms with E-state index >= 15 is 0 Å². The highest BCUT2D eigenvalue weighted by atomic mass is 35.5. The maximum atomic E-state index is 13.6. The van der Waals surface area contributed by atoms with Crippen LogP contribution in [0.2, 0.25) is 5.02 Å². The van der Waals surface area contributed by atoms with E-state index in [2.05, 4.69) is 20.9 Å². The molecular weight excluding hydrogens is 415 g/mol. The Morgan fingerprint density at radius 1 is 1.10 bits per heavy atom. The molecule has 0 atom stereocenters. The number of hydrogen-bond donors (Lipinski definition) is 0. The molecule has 3 heterocycles. The molecular formula is C24H20ClFN4O. The highest BCUT2D eigenvalue weighted by molar-refractivity contribution is 6.32. The molecule has 1 spiro atoms. The van der Waals surface area contributed by atoms with Crippen LogP contribution >= 0.6 is 11.6 Å². The summed E-state index contributed by atoms with van der Waals surface area (Å²) >= 11 is 6.70. The zero-order valence-electron chi connectivity index (χ0n) is 16.8. The summed E-state index contributed by atoms with van der Waals surface area (Å²) in [6.45, 7) is 2.11. The molecule has 2 aromatic heterocycles. The number of rotatable bonds is 3. The number of fused-ring (bicyclic) bond motifs is 2. The minimum Gasteiger partial charge on any atom is -0.490 e. The van der Waals surface area contributed by atoms with Gasteiger partial charge in [0.1, 0.15) is 24.5 Å². The van der Waals surface area contributed by atoms with Gasteiger partial charge in [-0.1, -0.05) is 11.6 Å². The van der Waals surface area contributed by atoms with E-state index in [4.69, 9.17) is 16.3 Å². The van der Waals surface area contributed by atoms with Gasteiger partial charge in [-0.15, -0.1) is 0 Å². The van der Waals surface area contributed by atoms with E-state index in [0.29, 0.717) is 11.6 Å². The molecule has 2 aromatic carbocycles. The minimum atomic E-state index is -0.242. The van der Waals surface area contributed by atoms with E-state index in [1.807, 2.05) is 35.3 Å². The lowest BCUT2D eigenvalue weighted by molar-refractivity contribution is 0.119. The highest BCUT2D eigenvalue weighted by Crippen LogP contribution is 2.48. The van der Waals surface area contributed by atoms with Crippen molar-refractivity contribution in [1.29, 1.82) is 0 Å². The number of benzene rings is 2. The fraction of sp³-hybridized carbons (Fsp3) is 0.250. The van der Waals surface area contributed by atoms with Crippen LogP contribution in [0.25, 0.3) is 16.6 Å². The number of halogens is 2. The zero-order chi connectivity index (χ0) is 21.0. The van der Waals surface area contributed by atoms with Crippen molar-refractivity contribution in [3.63, 3.8) is 0 Å². The standard InChI is InChI=1S/C24H20ClFN4O/c25-21-9-20(30-6-3-17-7-19(26)1-2-22(17)30)8-18-13-29(12-16-10-27-15-28-11-16)24(4-5-24)14-31-23(18)21/h1-3,6-11,15H,4-5,12-14H2. The Bertz CT molecular complexity index is 1290. The van der Waals surface area contributed by atoms with Crippen molar-refractivity contribution in [1.82, 2.24) is 19.4 Å². The van der Waals surface area contributed by atoms with Gasteiger partial charge in [-0.05, 0) is 49.2 Å². The fourth-order valence-corrected chi connectivity index (χ4v) is 4.81. The second-order valence-electron chi connectivity index (χ2n) is 8.42. The summed E-state index contributed by atoms with van der Waals surface area (Å²) in [5.74, 6) is 0.514. The topological polar surface area (TPSA) is 43.2 Å². The van der Waals surface area contributed by atoms with Gasteiger partial charge in [-0.25, -0.2) is 14.4 Å². The molecule has 5 nitrogen and oxygen atoms in total. The molecule has 156 valence electrons. The second-order valence-corrected chi connectivity index (χ2v) is 8.83. The lowest BCUT2D eigenvalue weighted by Crippen LogP contribution is -2.39. The summed E-state index contributed by atoms with van der Waals surface area (Å²) < 4.78 is 21.9. The second kappa shape index (κ2) is 7.04. The van der Waals surface area contributed by atoms with Gasteiger partial charge >= 0.3 is 0 Å². The lowest BCUT2D eigenvalue weighted by Gasteiger charge is -2.28. The number of hydrogen-bond acceptors (Lipinski definition) is 4. The largest absolute Gasteiger partial charge is 0.490 e. The van der Waals surface area contributed by atoms with Crippen LogP contribution in [-0.4, -0.2) is 31.6 Å². The van der Waals surface area contributed by atoms with Crippen LogP contribution < -0.4 is 4.74 Å². The summed E-state index contributed by atoms with van der Waals surface area (Å²) in [5.41, 5.74) is 4.04. The molecule has 4 aromatic rings. The molecule has 1 fully saturated rings. The molecule has 0 N–H and O–H groups in total. The molecule has 31 heavy (non-hydrogen) atoms.